The van der Waals surface area contributed by atoms with Gasteiger partial charge in [0, 0.05) is 30.3 Å². The Morgan fingerprint density at radius 3 is 2.80 bits per heavy atom. The van der Waals surface area contributed by atoms with Crippen molar-refractivity contribution in [2.75, 3.05) is 0 Å². The molecular formula is C12H19N3. The fourth-order valence-electron chi connectivity index (χ4n) is 1.81. The molecule has 15 heavy (non-hydrogen) atoms. The number of hydrogen-bond donors (Lipinski definition) is 1. The van der Waals surface area contributed by atoms with Crippen LogP contribution in [-0.4, -0.2) is 16.0 Å². The molecule has 1 aromatic heterocycles. The highest BCUT2D eigenvalue weighted by atomic mass is 14.9. The summed E-state index contributed by atoms with van der Waals surface area (Å²) in [5.74, 6) is 1.85. The molecule has 1 aromatic rings. The number of nitrogens with zero attached hydrogens (tertiary/aromatic N) is 2. The first kappa shape index (κ1) is 10.6. The Kier molecular flexibility index (Phi) is 3.00. The Morgan fingerprint density at radius 2 is 2.20 bits per heavy atom. The van der Waals surface area contributed by atoms with Gasteiger partial charge in [0.25, 0.3) is 0 Å². The van der Waals surface area contributed by atoms with Crippen molar-refractivity contribution in [3.8, 4) is 0 Å². The van der Waals surface area contributed by atoms with Gasteiger partial charge in [-0.1, -0.05) is 0 Å². The molecule has 0 saturated heterocycles. The predicted octanol–water partition coefficient (Wildman–Crippen LogP) is 1.63. The quantitative estimate of drug-likeness (QED) is 0.812. The van der Waals surface area contributed by atoms with E-state index in [0.29, 0.717) is 0 Å². The van der Waals surface area contributed by atoms with Gasteiger partial charge < -0.3 is 5.73 Å². The summed E-state index contributed by atoms with van der Waals surface area (Å²) >= 11 is 0. The van der Waals surface area contributed by atoms with Crippen molar-refractivity contribution in [1.82, 2.24) is 9.97 Å². The molecule has 1 fully saturated rings. The van der Waals surface area contributed by atoms with Crippen molar-refractivity contribution >= 4 is 0 Å². The standard InChI is InChI=1S/C12H19N3/c1-8(13)5-11-6-9(2)14-12(15-11)7-10-3-4-10/h6,8,10H,3-5,7,13H2,1-2H3. The smallest absolute Gasteiger partial charge is 0.129 e. The Hall–Kier alpha value is -0.960. The first-order valence-electron chi connectivity index (χ1n) is 5.72. The summed E-state index contributed by atoms with van der Waals surface area (Å²) in [5, 5.41) is 0. The monoisotopic (exact) mass is 205 g/mol. The second-order valence-electron chi connectivity index (χ2n) is 4.75. The van der Waals surface area contributed by atoms with Crippen molar-refractivity contribution in [2.45, 2.75) is 45.6 Å². The molecular weight excluding hydrogens is 186 g/mol. The minimum absolute atomic E-state index is 0.174. The van der Waals surface area contributed by atoms with E-state index in [9.17, 15) is 0 Å². The number of nitrogens with two attached hydrogens (primary N) is 1. The Labute approximate surface area is 91.1 Å². The van der Waals surface area contributed by atoms with Crippen LogP contribution in [0.1, 0.15) is 37.0 Å². The van der Waals surface area contributed by atoms with Gasteiger partial charge in [-0.05, 0) is 38.7 Å². The molecule has 82 valence electrons. The molecule has 3 nitrogen and oxygen atoms in total. The summed E-state index contributed by atoms with van der Waals surface area (Å²) in [5.41, 5.74) is 7.93. The van der Waals surface area contributed by atoms with E-state index in [1.54, 1.807) is 0 Å². The van der Waals surface area contributed by atoms with E-state index in [-0.39, 0.29) is 6.04 Å². The van der Waals surface area contributed by atoms with Crippen LogP contribution < -0.4 is 5.73 Å². The van der Waals surface area contributed by atoms with Crippen molar-refractivity contribution in [2.24, 2.45) is 11.7 Å². The van der Waals surface area contributed by atoms with Crippen LogP contribution in [0.4, 0.5) is 0 Å². The molecule has 0 amide bonds. The molecule has 0 aliphatic heterocycles. The van der Waals surface area contributed by atoms with Crippen molar-refractivity contribution < 1.29 is 0 Å². The molecule has 2 rings (SSSR count). The maximum atomic E-state index is 5.78. The van der Waals surface area contributed by atoms with Crippen LogP contribution in [0.5, 0.6) is 0 Å². The van der Waals surface area contributed by atoms with E-state index in [4.69, 9.17) is 5.73 Å². The lowest BCUT2D eigenvalue weighted by Gasteiger charge is -2.07. The second kappa shape index (κ2) is 4.27. The fraction of sp³-hybridized carbons (Fsp3) is 0.667. The van der Waals surface area contributed by atoms with Gasteiger partial charge in [-0.15, -0.1) is 0 Å². The average Bonchev–Trinajstić information content (AvgIpc) is 2.85. The van der Waals surface area contributed by atoms with Crippen LogP contribution in [0.15, 0.2) is 6.07 Å². The summed E-state index contributed by atoms with van der Waals surface area (Å²) in [6.45, 7) is 4.04. The summed E-state index contributed by atoms with van der Waals surface area (Å²) in [7, 11) is 0. The van der Waals surface area contributed by atoms with Gasteiger partial charge in [-0.3, -0.25) is 0 Å². The van der Waals surface area contributed by atoms with E-state index in [2.05, 4.69) is 9.97 Å². The van der Waals surface area contributed by atoms with Gasteiger partial charge in [0.15, 0.2) is 0 Å². The Balaban J connectivity index is 2.11. The van der Waals surface area contributed by atoms with Crippen molar-refractivity contribution in [3.63, 3.8) is 0 Å². The topological polar surface area (TPSA) is 51.8 Å². The highest BCUT2D eigenvalue weighted by Crippen LogP contribution is 2.31. The molecule has 0 aromatic carbocycles. The summed E-state index contributed by atoms with van der Waals surface area (Å²) in [4.78, 5) is 9.03. The lowest BCUT2D eigenvalue weighted by Crippen LogP contribution is -2.19. The number of aryl methyl sites for hydroxylation is 1. The summed E-state index contributed by atoms with van der Waals surface area (Å²) in [6, 6.07) is 2.22. The van der Waals surface area contributed by atoms with Crippen LogP contribution >= 0.6 is 0 Å². The summed E-state index contributed by atoms with van der Waals surface area (Å²) < 4.78 is 0. The highest BCUT2D eigenvalue weighted by Gasteiger charge is 2.23. The molecule has 0 radical (unpaired) electrons. The zero-order valence-electron chi connectivity index (χ0n) is 9.53. The number of rotatable bonds is 4. The number of hydrogen-bond acceptors (Lipinski definition) is 3. The zero-order valence-corrected chi connectivity index (χ0v) is 9.53. The van der Waals surface area contributed by atoms with Crippen LogP contribution in [0.2, 0.25) is 0 Å². The second-order valence-corrected chi connectivity index (χ2v) is 4.75. The molecule has 1 saturated carbocycles. The van der Waals surface area contributed by atoms with Crippen LogP contribution in [-0.2, 0) is 12.8 Å². The first-order chi connectivity index (χ1) is 7.13. The Bertz CT molecular complexity index is 320. The summed E-state index contributed by atoms with van der Waals surface area (Å²) in [6.07, 6.45) is 4.59. The van der Waals surface area contributed by atoms with Gasteiger partial charge in [0.05, 0.1) is 0 Å². The van der Waals surface area contributed by atoms with E-state index < -0.39 is 0 Å². The minimum Gasteiger partial charge on any atom is -0.328 e. The van der Waals surface area contributed by atoms with Gasteiger partial charge >= 0.3 is 0 Å². The average molecular weight is 205 g/mol. The Morgan fingerprint density at radius 1 is 1.47 bits per heavy atom. The van der Waals surface area contributed by atoms with Crippen molar-refractivity contribution in [1.29, 1.82) is 0 Å². The lowest BCUT2D eigenvalue weighted by atomic mass is 10.1. The maximum absolute atomic E-state index is 5.78. The van der Waals surface area contributed by atoms with Gasteiger partial charge in [-0.25, -0.2) is 9.97 Å². The van der Waals surface area contributed by atoms with E-state index >= 15 is 0 Å². The maximum Gasteiger partial charge on any atom is 0.129 e. The van der Waals surface area contributed by atoms with Gasteiger partial charge in [0.1, 0.15) is 5.82 Å². The molecule has 1 unspecified atom stereocenters. The SMILES string of the molecule is Cc1cc(CC(C)N)nc(CC2CC2)n1. The molecule has 1 aliphatic rings. The molecule has 1 aliphatic carbocycles. The molecule has 3 heteroatoms. The molecule has 1 heterocycles. The number of aromatic nitrogens is 2. The third-order valence-electron chi connectivity index (χ3n) is 2.65. The van der Waals surface area contributed by atoms with Crippen molar-refractivity contribution in [3.05, 3.63) is 23.3 Å². The molecule has 0 spiro atoms. The fourth-order valence-corrected chi connectivity index (χ4v) is 1.81. The predicted molar refractivity (Wildman–Crippen MR) is 60.6 cm³/mol. The van der Waals surface area contributed by atoms with Crippen LogP contribution in [0.25, 0.3) is 0 Å². The molecule has 2 N–H and O–H groups in total. The first-order valence-corrected chi connectivity index (χ1v) is 5.72. The minimum atomic E-state index is 0.174. The third kappa shape index (κ3) is 3.27. The van der Waals surface area contributed by atoms with Crippen LogP contribution in [0, 0.1) is 12.8 Å². The largest absolute Gasteiger partial charge is 0.328 e. The van der Waals surface area contributed by atoms with Crippen LogP contribution in [0.3, 0.4) is 0 Å². The zero-order chi connectivity index (χ0) is 10.8. The van der Waals surface area contributed by atoms with E-state index in [1.165, 1.54) is 12.8 Å². The highest BCUT2D eigenvalue weighted by molar-refractivity contribution is 5.12. The van der Waals surface area contributed by atoms with Gasteiger partial charge in [-0.2, -0.15) is 0 Å². The van der Waals surface area contributed by atoms with E-state index in [1.807, 2.05) is 19.9 Å². The normalized spacial score (nSPS) is 17.8. The van der Waals surface area contributed by atoms with E-state index in [0.717, 1.165) is 36.0 Å². The lowest BCUT2D eigenvalue weighted by molar-refractivity contribution is 0.696. The third-order valence-corrected chi connectivity index (χ3v) is 2.65. The molecule has 1 atom stereocenters. The molecule has 0 bridgehead atoms. The van der Waals surface area contributed by atoms with Gasteiger partial charge in [0.2, 0.25) is 0 Å².